The van der Waals surface area contributed by atoms with Crippen molar-refractivity contribution in [1.29, 1.82) is 0 Å². The lowest BCUT2D eigenvalue weighted by Crippen LogP contribution is -2.03. The van der Waals surface area contributed by atoms with Gasteiger partial charge in [0, 0.05) is 23.8 Å². The lowest BCUT2D eigenvalue weighted by atomic mass is 10.1. The predicted molar refractivity (Wildman–Crippen MR) is 92.0 cm³/mol. The zero-order valence-corrected chi connectivity index (χ0v) is 13.5. The molecule has 0 aliphatic carbocycles. The number of hydrogen-bond acceptors (Lipinski definition) is 10. The van der Waals surface area contributed by atoms with Gasteiger partial charge in [-0.1, -0.05) is 0 Å². The van der Waals surface area contributed by atoms with Gasteiger partial charge < -0.3 is 10.2 Å². The lowest BCUT2D eigenvalue weighted by Gasteiger charge is -2.07. The minimum atomic E-state index is -0.861. The summed E-state index contributed by atoms with van der Waals surface area (Å²) in [6.45, 7) is 1.35. The van der Waals surface area contributed by atoms with Crippen molar-refractivity contribution in [2.24, 2.45) is 5.10 Å². The first-order chi connectivity index (χ1) is 12.6. The molecule has 0 radical (unpaired) electrons. The van der Waals surface area contributed by atoms with E-state index in [4.69, 9.17) is 0 Å². The maximum atomic E-state index is 11.1. The smallest absolute Gasteiger partial charge is 0.311 e. The average Bonchev–Trinajstić information content (AvgIpc) is 2.58. The Morgan fingerprint density at radius 3 is 2.11 bits per heavy atom. The Balaban J connectivity index is 2.41. The number of hydrogen-bond donors (Lipinski definition) is 3. The normalized spacial score (nSPS) is 11.1. The zero-order valence-electron chi connectivity index (χ0n) is 13.5. The maximum absolute atomic E-state index is 11.1. The molecular formula is C14H11N5O8. The molecule has 0 saturated carbocycles. The van der Waals surface area contributed by atoms with Crippen LogP contribution in [0.15, 0.2) is 35.4 Å². The quantitative estimate of drug-likeness (QED) is 0.385. The van der Waals surface area contributed by atoms with Crippen LogP contribution < -0.4 is 5.43 Å². The fourth-order valence-corrected chi connectivity index (χ4v) is 2.09. The van der Waals surface area contributed by atoms with Gasteiger partial charge in [0.15, 0.2) is 5.75 Å². The number of phenols is 2. The molecule has 0 fully saturated rings. The Morgan fingerprint density at radius 2 is 1.56 bits per heavy atom. The molecule has 140 valence electrons. The molecule has 0 spiro atoms. The fraction of sp³-hybridized carbons (Fsp3) is 0.0714. The van der Waals surface area contributed by atoms with Gasteiger partial charge in [-0.2, -0.15) is 5.10 Å². The highest BCUT2D eigenvalue weighted by molar-refractivity contribution is 6.02. The van der Waals surface area contributed by atoms with Gasteiger partial charge in [-0.15, -0.1) is 0 Å². The minimum absolute atomic E-state index is 0.00301. The largest absolute Gasteiger partial charge is 0.507 e. The molecule has 0 aromatic heterocycles. The van der Waals surface area contributed by atoms with Crippen molar-refractivity contribution in [3.63, 3.8) is 0 Å². The first-order valence-electron chi connectivity index (χ1n) is 7.05. The number of nitrogens with zero attached hydrogens (tertiary/aromatic N) is 4. The summed E-state index contributed by atoms with van der Waals surface area (Å²) < 4.78 is 0. The summed E-state index contributed by atoms with van der Waals surface area (Å²) >= 11 is 0. The number of rotatable bonds is 6. The van der Waals surface area contributed by atoms with Crippen molar-refractivity contribution in [3.8, 4) is 11.5 Å². The van der Waals surface area contributed by atoms with Gasteiger partial charge in [-0.3, -0.25) is 35.8 Å². The van der Waals surface area contributed by atoms with Crippen LogP contribution >= 0.6 is 0 Å². The molecule has 0 aliphatic rings. The molecule has 0 bridgehead atoms. The molecule has 3 N–H and O–H groups in total. The SMILES string of the molecule is C/C(=N/Nc1ccc([N+](=O)[O-])cc1[N+](=O)[O-])c1cc([N+](=O)[O-])c(O)cc1O. The Bertz CT molecular complexity index is 988. The Morgan fingerprint density at radius 1 is 0.926 bits per heavy atom. The number of non-ortho nitro benzene ring substituents is 1. The number of nitrogens with one attached hydrogen (secondary N) is 1. The monoisotopic (exact) mass is 377 g/mol. The molecule has 0 heterocycles. The highest BCUT2D eigenvalue weighted by Gasteiger charge is 2.21. The van der Waals surface area contributed by atoms with Crippen LogP contribution in [0.3, 0.4) is 0 Å². The van der Waals surface area contributed by atoms with Gasteiger partial charge in [0.1, 0.15) is 11.4 Å². The summed E-state index contributed by atoms with van der Waals surface area (Å²) in [6, 6.07) is 4.50. The molecule has 0 saturated heterocycles. The molecule has 0 atom stereocenters. The summed E-state index contributed by atoms with van der Waals surface area (Å²) in [5.41, 5.74) is 0.300. The summed E-state index contributed by atoms with van der Waals surface area (Å²) in [7, 11) is 0. The predicted octanol–water partition coefficient (Wildman–Crippen LogP) is 2.66. The molecule has 27 heavy (non-hydrogen) atoms. The Kier molecular flexibility index (Phi) is 5.15. The number of aromatic hydroxyl groups is 2. The third kappa shape index (κ3) is 4.04. The van der Waals surface area contributed by atoms with Crippen molar-refractivity contribution >= 4 is 28.5 Å². The highest BCUT2D eigenvalue weighted by Crippen LogP contribution is 2.33. The van der Waals surface area contributed by atoms with E-state index < -0.39 is 43.3 Å². The summed E-state index contributed by atoms with van der Waals surface area (Å²) in [4.78, 5) is 30.2. The van der Waals surface area contributed by atoms with E-state index in [0.717, 1.165) is 30.3 Å². The van der Waals surface area contributed by atoms with Gasteiger partial charge in [0.25, 0.3) is 5.69 Å². The van der Waals surface area contributed by atoms with E-state index in [1.807, 2.05) is 0 Å². The first kappa shape index (κ1) is 19.0. The molecule has 2 rings (SSSR count). The van der Waals surface area contributed by atoms with Crippen molar-refractivity contribution in [1.82, 2.24) is 0 Å². The van der Waals surface area contributed by atoms with Crippen LogP contribution in [0.25, 0.3) is 0 Å². The van der Waals surface area contributed by atoms with E-state index in [0.29, 0.717) is 0 Å². The topological polar surface area (TPSA) is 194 Å². The van der Waals surface area contributed by atoms with Crippen LogP contribution in [0.2, 0.25) is 0 Å². The minimum Gasteiger partial charge on any atom is -0.507 e. The fourth-order valence-electron chi connectivity index (χ4n) is 2.09. The van der Waals surface area contributed by atoms with E-state index >= 15 is 0 Å². The van der Waals surface area contributed by atoms with E-state index in [1.54, 1.807) is 0 Å². The first-order valence-corrected chi connectivity index (χ1v) is 7.05. The van der Waals surface area contributed by atoms with Crippen molar-refractivity contribution in [3.05, 3.63) is 66.2 Å². The second kappa shape index (κ2) is 7.30. The van der Waals surface area contributed by atoms with Crippen LogP contribution in [0.4, 0.5) is 22.7 Å². The van der Waals surface area contributed by atoms with Gasteiger partial charge in [-0.25, -0.2) is 0 Å². The van der Waals surface area contributed by atoms with Crippen molar-refractivity contribution < 1.29 is 25.0 Å². The average molecular weight is 377 g/mol. The molecule has 13 nitrogen and oxygen atoms in total. The molecule has 0 amide bonds. The van der Waals surface area contributed by atoms with E-state index in [1.165, 1.54) is 6.92 Å². The van der Waals surface area contributed by atoms with Crippen LogP contribution in [0.5, 0.6) is 11.5 Å². The van der Waals surface area contributed by atoms with Crippen molar-refractivity contribution in [2.45, 2.75) is 6.92 Å². The molecule has 0 aliphatic heterocycles. The van der Waals surface area contributed by atoms with Crippen LogP contribution in [-0.4, -0.2) is 30.7 Å². The number of benzene rings is 2. The lowest BCUT2D eigenvalue weighted by molar-refractivity contribution is -0.393. The summed E-state index contributed by atoms with van der Waals surface area (Å²) in [6.07, 6.45) is 0. The zero-order chi connectivity index (χ0) is 20.3. The van der Waals surface area contributed by atoms with Crippen molar-refractivity contribution in [2.75, 3.05) is 5.43 Å². The van der Waals surface area contributed by atoms with Gasteiger partial charge >= 0.3 is 11.4 Å². The number of hydrazone groups is 1. The standard InChI is InChI=1S/C14H11N5O8/c1-7(9-5-12(19(26)27)14(21)6-13(9)20)15-16-10-3-2-8(17(22)23)4-11(10)18(24)25/h2-6,16,20-21H,1H3/b15-7-. The van der Waals surface area contributed by atoms with Crippen LogP contribution in [0.1, 0.15) is 12.5 Å². The number of nitro groups is 3. The Labute approximate surface area is 149 Å². The van der Waals surface area contributed by atoms with Crippen LogP contribution in [-0.2, 0) is 0 Å². The molecule has 2 aromatic rings. The molecule has 0 unspecified atom stereocenters. The number of phenolic OH excluding ortho intramolecular Hbond substituents is 2. The highest BCUT2D eigenvalue weighted by atomic mass is 16.6. The van der Waals surface area contributed by atoms with Gasteiger partial charge in [0.05, 0.1) is 26.5 Å². The maximum Gasteiger partial charge on any atom is 0.311 e. The molecule has 13 heteroatoms. The summed E-state index contributed by atoms with van der Waals surface area (Å²) in [5.74, 6) is -1.24. The summed E-state index contributed by atoms with van der Waals surface area (Å²) in [5, 5.41) is 55.8. The van der Waals surface area contributed by atoms with E-state index in [2.05, 4.69) is 10.5 Å². The number of nitro benzene ring substituents is 3. The second-order valence-corrected chi connectivity index (χ2v) is 5.14. The van der Waals surface area contributed by atoms with E-state index in [-0.39, 0.29) is 17.0 Å². The Hall–Kier alpha value is -4.29. The molecular weight excluding hydrogens is 366 g/mol. The van der Waals surface area contributed by atoms with Gasteiger partial charge in [-0.05, 0) is 13.0 Å². The number of anilines is 1. The van der Waals surface area contributed by atoms with Crippen LogP contribution in [0, 0.1) is 30.3 Å². The van der Waals surface area contributed by atoms with E-state index in [9.17, 15) is 40.6 Å². The second-order valence-electron chi connectivity index (χ2n) is 5.14. The molecule has 2 aromatic carbocycles. The third-order valence-electron chi connectivity index (χ3n) is 3.41. The third-order valence-corrected chi connectivity index (χ3v) is 3.41. The van der Waals surface area contributed by atoms with Gasteiger partial charge in [0.2, 0.25) is 0 Å².